The normalized spacial score (nSPS) is 10.4. The van der Waals surface area contributed by atoms with E-state index < -0.39 is 7.32 Å². The van der Waals surface area contributed by atoms with Gasteiger partial charge < -0.3 is 25.3 Å². The van der Waals surface area contributed by atoms with Crippen LogP contribution < -0.4 is 0 Å². The summed E-state index contributed by atoms with van der Waals surface area (Å²) in [4.78, 5) is 2.14. The van der Waals surface area contributed by atoms with Crippen LogP contribution in [0.5, 0.6) is 0 Å². The molecule has 0 bridgehead atoms. The van der Waals surface area contributed by atoms with E-state index in [0.717, 1.165) is 6.54 Å². The lowest BCUT2D eigenvalue weighted by atomic mass is 10.1. The molecule has 0 heterocycles. The largest absolute Gasteiger partial charge is 0.631 e. The van der Waals surface area contributed by atoms with Gasteiger partial charge in [0.1, 0.15) is 0 Å². The molecule has 5 N–H and O–H groups in total. The summed E-state index contributed by atoms with van der Waals surface area (Å²) in [6.45, 7) is 5.02. The maximum atomic E-state index is 8.86. The van der Waals surface area contributed by atoms with E-state index >= 15 is 0 Å². The Labute approximate surface area is 129 Å². The molecule has 0 aromatic rings. The van der Waals surface area contributed by atoms with Crippen molar-refractivity contribution in [1.82, 2.24) is 4.90 Å². The molecule has 7 heteroatoms. The monoisotopic (exact) mass is 307 g/mol. The van der Waals surface area contributed by atoms with E-state index in [1.807, 2.05) is 0 Å². The van der Waals surface area contributed by atoms with E-state index in [1.165, 1.54) is 51.4 Å². The molecule has 0 atom stereocenters. The molecule has 0 saturated heterocycles. The highest BCUT2D eigenvalue weighted by molar-refractivity contribution is 6.30. The third-order valence-electron chi connectivity index (χ3n) is 3.16. The molecule has 0 aliphatic carbocycles. The van der Waals surface area contributed by atoms with Crippen molar-refractivity contribution in [3.63, 3.8) is 0 Å². The Hall–Kier alpha value is -0.175. The van der Waals surface area contributed by atoms with Crippen molar-refractivity contribution >= 4 is 7.32 Å². The zero-order chi connectivity index (χ0) is 16.3. The van der Waals surface area contributed by atoms with Crippen LogP contribution in [0.1, 0.15) is 58.3 Å². The molecular formula is C14H34BNO5. The highest BCUT2D eigenvalue weighted by Crippen LogP contribution is 2.08. The van der Waals surface area contributed by atoms with Crippen LogP contribution in [0.4, 0.5) is 0 Å². The van der Waals surface area contributed by atoms with Crippen molar-refractivity contribution < 1.29 is 25.3 Å². The fourth-order valence-corrected chi connectivity index (χ4v) is 2.09. The predicted octanol–water partition coefficient (Wildman–Crippen LogP) is 0.362. The maximum absolute atomic E-state index is 8.86. The summed E-state index contributed by atoms with van der Waals surface area (Å²) in [5.74, 6) is 0. The smallest absolute Gasteiger partial charge is 0.402 e. The van der Waals surface area contributed by atoms with Gasteiger partial charge in [-0.05, 0) is 13.0 Å². The average Bonchev–Trinajstić information content (AvgIpc) is 2.41. The molecule has 0 amide bonds. The molecule has 0 spiro atoms. The first kappa shape index (κ1) is 23.1. The quantitative estimate of drug-likeness (QED) is 0.249. The molecule has 128 valence electrons. The van der Waals surface area contributed by atoms with Crippen molar-refractivity contribution in [1.29, 1.82) is 0 Å². The summed E-state index contributed by atoms with van der Waals surface area (Å²) >= 11 is 0. The second-order valence-corrected chi connectivity index (χ2v) is 5.11. The first-order valence-corrected chi connectivity index (χ1v) is 8.06. The van der Waals surface area contributed by atoms with E-state index in [1.54, 1.807) is 0 Å². The third kappa shape index (κ3) is 25.2. The SMILES string of the molecule is CCCCCCCCCCN(CCO)CCO.OB(O)O. The number of hydrogen-bond donors (Lipinski definition) is 5. The zero-order valence-corrected chi connectivity index (χ0v) is 13.5. The standard InChI is InChI=1S/C14H31NO2.BH3O3/c1-2-3-4-5-6-7-8-9-10-15(11-13-16)12-14-17;2-1(3)4/h16-17H,2-14H2,1H3;2-4H. The third-order valence-corrected chi connectivity index (χ3v) is 3.16. The van der Waals surface area contributed by atoms with Gasteiger partial charge in [-0.15, -0.1) is 0 Å². The fourth-order valence-electron chi connectivity index (χ4n) is 2.09. The Morgan fingerprint density at radius 2 is 1.05 bits per heavy atom. The molecule has 0 radical (unpaired) electrons. The highest BCUT2D eigenvalue weighted by Gasteiger charge is 2.02. The minimum Gasteiger partial charge on any atom is -0.402 e. The van der Waals surface area contributed by atoms with Crippen molar-refractivity contribution in [3.8, 4) is 0 Å². The van der Waals surface area contributed by atoms with E-state index in [0.29, 0.717) is 13.1 Å². The van der Waals surface area contributed by atoms with Crippen LogP contribution in [0.25, 0.3) is 0 Å². The minimum atomic E-state index is -2.17. The molecule has 0 rings (SSSR count). The second-order valence-electron chi connectivity index (χ2n) is 5.11. The van der Waals surface area contributed by atoms with Gasteiger partial charge in [-0.3, -0.25) is 4.90 Å². The molecule has 0 aromatic carbocycles. The van der Waals surface area contributed by atoms with E-state index in [4.69, 9.17) is 25.3 Å². The molecule has 0 unspecified atom stereocenters. The summed E-state index contributed by atoms with van der Waals surface area (Å²) in [5.41, 5.74) is 0. The number of rotatable bonds is 13. The van der Waals surface area contributed by atoms with Crippen LogP contribution in [0.15, 0.2) is 0 Å². The molecule has 0 aliphatic heterocycles. The lowest BCUT2D eigenvalue weighted by Crippen LogP contribution is -2.30. The first-order valence-electron chi connectivity index (χ1n) is 8.06. The topological polar surface area (TPSA) is 104 Å². The highest BCUT2D eigenvalue weighted by atomic mass is 16.5. The van der Waals surface area contributed by atoms with Gasteiger partial charge in [-0.1, -0.05) is 51.9 Å². The van der Waals surface area contributed by atoms with Gasteiger partial charge in [0.2, 0.25) is 0 Å². The van der Waals surface area contributed by atoms with Crippen LogP contribution >= 0.6 is 0 Å². The molecule has 0 aliphatic rings. The zero-order valence-electron chi connectivity index (χ0n) is 13.5. The molecule has 0 aromatic heterocycles. The van der Waals surface area contributed by atoms with E-state index in [-0.39, 0.29) is 13.2 Å². The fraction of sp³-hybridized carbons (Fsp3) is 1.00. The molecule has 21 heavy (non-hydrogen) atoms. The van der Waals surface area contributed by atoms with Crippen molar-refractivity contribution in [2.45, 2.75) is 58.3 Å². The van der Waals surface area contributed by atoms with Gasteiger partial charge in [0.05, 0.1) is 13.2 Å². The van der Waals surface area contributed by atoms with Gasteiger partial charge >= 0.3 is 7.32 Å². The number of aliphatic hydroxyl groups excluding tert-OH is 2. The Bertz CT molecular complexity index is 178. The molecule has 0 fully saturated rings. The van der Waals surface area contributed by atoms with Crippen molar-refractivity contribution in [2.24, 2.45) is 0 Å². The molecule has 6 nitrogen and oxygen atoms in total. The van der Waals surface area contributed by atoms with Gasteiger partial charge in [0.15, 0.2) is 0 Å². The number of unbranched alkanes of at least 4 members (excludes halogenated alkanes) is 7. The van der Waals surface area contributed by atoms with Crippen molar-refractivity contribution in [2.75, 3.05) is 32.8 Å². The van der Waals surface area contributed by atoms with Gasteiger partial charge in [0, 0.05) is 13.1 Å². The first-order chi connectivity index (χ1) is 10.1. The van der Waals surface area contributed by atoms with Gasteiger partial charge in [-0.25, -0.2) is 0 Å². The number of nitrogens with zero attached hydrogens (tertiary/aromatic N) is 1. The lowest BCUT2D eigenvalue weighted by Gasteiger charge is -2.19. The van der Waals surface area contributed by atoms with Crippen molar-refractivity contribution in [3.05, 3.63) is 0 Å². The molecular weight excluding hydrogens is 273 g/mol. The Morgan fingerprint density at radius 3 is 1.43 bits per heavy atom. The summed E-state index contributed by atoms with van der Waals surface area (Å²) < 4.78 is 0. The Kier molecular flexibility index (Phi) is 21.8. The van der Waals surface area contributed by atoms with Crippen LogP contribution in [0.2, 0.25) is 0 Å². The van der Waals surface area contributed by atoms with E-state index in [9.17, 15) is 0 Å². The second kappa shape index (κ2) is 19.8. The maximum Gasteiger partial charge on any atom is 0.631 e. The minimum absolute atomic E-state index is 0.191. The Morgan fingerprint density at radius 1 is 0.667 bits per heavy atom. The molecule has 0 saturated carbocycles. The summed E-state index contributed by atoms with van der Waals surface area (Å²) in [6.07, 6.45) is 10.6. The predicted molar refractivity (Wildman–Crippen MR) is 85.6 cm³/mol. The number of aliphatic hydroxyl groups is 2. The number of hydrogen-bond acceptors (Lipinski definition) is 6. The summed E-state index contributed by atoms with van der Waals surface area (Å²) in [5, 5.41) is 39.2. The van der Waals surface area contributed by atoms with Crippen LogP contribution in [-0.2, 0) is 0 Å². The van der Waals surface area contributed by atoms with Gasteiger partial charge in [0.25, 0.3) is 0 Å². The Balaban J connectivity index is 0. The van der Waals surface area contributed by atoms with E-state index in [2.05, 4.69) is 11.8 Å². The summed E-state index contributed by atoms with van der Waals surface area (Å²) in [7, 11) is -2.17. The lowest BCUT2D eigenvalue weighted by molar-refractivity contribution is 0.159. The average molecular weight is 307 g/mol. The van der Waals surface area contributed by atoms with Crippen LogP contribution in [0.3, 0.4) is 0 Å². The van der Waals surface area contributed by atoms with Crippen LogP contribution in [-0.4, -0.2) is 70.4 Å². The van der Waals surface area contributed by atoms with Gasteiger partial charge in [-0.2, -0.15) is 0 Å². The summed E-state index contributed by atoms with van der Waals surface area (Å²) in [6, 6.07) is 0. The van der Waals surface area contributed by atoms with Crippen LogP contribution in [0, 0.1) is 0 Å².